The molecule has 1 amide bonds. The van der Waals surface area contributed by atoms with Gasteiger partial charge < -0.3 is 18.8 Å². The molecule has 1 heterocycles. The SMILES string of the molecule is COc1cc(C(=O)N(C)Cc2ccco2)cc(OC)c1C. The molecule has 5 heteroatoms. The van der Waals surface area contributed by atoms with Crippen LogP contribution < -0.4 is 9.47 Å². The Bertz CT molecular complexity index is 594. The van der Waals surface area contributed by atoms with Crippen LogP contribution in [0, 0.1) is 6.92 Å². The Morgan fingerprint density at radius 2 is 1.86 bits per heavy atom. The third kappa shape index (κ3) is 3.18. The van der Waals surface area contributed by atoms with Crippen LogP contribution in [0.3, 0.4) is 0 Å². The van der Waals surface area contributed by atoms with Crippen molar-refractivity contribution in [1.82, 2.24) is 4.90 Å². The van der Waals surface area contributed by atoms with Gasteiger partial charge in [-0.3, -0.25) is 4.79 Å². The summed E-state index contributed by atoms with van der Waals surface area (Å²) in [6.07, 6.45) is 1.59. The predicted molar refractivity (Wildman–Crippen MR) is 78.8 cm³/mol. The molecule has 0 radical (unpaired) electrons. The lowest BCUT2D eigenvalue weighted by atomic mass is 10.1. The molecule has 0 saturated heterocycles. The molecule has 0 aliphatic heterocycles. The third-order valence-corrected chi connectivity index (χ3v) is 3.32. The molecule has 5 nitrogen and oxygen atoms in total. The molecule has 2 aromatic rings. The van der Waals surface area contributed by atoms with Gasteiger partial charge in [-0.05, 0) is 31.2 Å². The van der Waals surface area contributed by atoms with Crippen LogP contribution in [0.15, 0.2) is 34.9 Å². The summed E-state index contributed by atoms with van der Waals surface area (Å²) >= 11 is 0. The van der Waals surface area contributed by atoms with Gasteiger partial charge in [-0.25, -0.2) is 0 Å². The summed E-state index contributed by atoms with van der Waals surface area (Å²) in [5.41, 5.74) is 1.38. The molecule has 1 aromatic carbocycles. The molecule has 112 valence electrons. The zero-order valence-corrected chi connectivity index (χ0v) is 12.7. The number of hydrogen-bond donors (Lipinski definition) is 0. The average molecular weight is 289 g/mol. The first-order chi connectivity index (χ1) is 10.1. The summed E-state index contributed by atoms with van der Waals surface area (Å²) in [7, 11) is 4.87. The van der Waals surface area contributed by atoms with E-state index >= 15 is 0 Å². The van der Waals surface area contributed by atoms with Crippen molar-refractivity contribution >= 4 is 5.91 Å². The molecule has 0 bridgehead atoms. The van der Waals surface area contributed by atoms with E-state index in [1.54, 1.807) is 50.6 Å². The molecule has 0 saturated carbocycles. The Labute approximate surface area is 124 Å². The molecule has 21 heavy (non-hydrogen) atoms. The number of carbonyl (C=O) groups excluding carboxylic acids is 1. The monoisotopic (exact) mass is 289 g/mol. The zero-order chi connectivity index (χ0) is 15.4. The Balaban J connectivity index is 2.26. The summed E-state index contributed by atoms with van der Waals surface area (Å²) in [5, 5.41) is 0. The minimum Gasteiger partial charge on any atom is -0.496 e. The minimum atomic E-state index is -0.122. The first-order valence-corrected chi connectivity index (χ1v) is 6.57. The van der Waals surface area contributed by atoms with Gasteiger partial charge in [0, 0.05) is 18.2 Å². The van der Waals surface area contributed by atoms with Crippen LogP contribution in [0.1, 0.15) is 21.7 Å². The second kappa shape index (κ2) is 6.35. The van der Waals surface area contributed by atoms with E-state index < -0.39 is 0 Å². The summed E-state index contributed by atoms with van der Waals surface area (Å²) in [6, 6.07) is 7.07. The molecule has 0 spiro atoms. The average Bonchev–Trinajstić information content (AvgIpc) is 2.99. The largest absolute Gasteiger partial charge is 0.496 e. The number of nitrogens with zero attached hydrogens (tertiary/aromatic N) is 1. The molecule has 0 atom stereocenters. The van der Waals surface area contributed by atoms with Crippen molar-refractivity contribution < 1.29 is 18.7 Å². The van der Waals surface area contributed by atoms with E-state index in [4.69, 9.17) is 13.9 Å². The van der Waals surface area contributed by atoms with Crippen LogP contribution in [0.25, 0.3) is 0 Å². The Hall–Kier alpha value is -2.43. The van der Waals surface area contributed by atoms with Gasteiger partial charge in [-0.15, -0.1) is 0 Å². The molecule has 1 aromatic heterocycles. The highest BCUT2D eigenvalue weighted by atomic mass is 16.5. The van der Waals surface area contributed by atoms with E-state index in [-0.39, 0.29) is 5.91 Å². The Kier molecular flexibility index (Phi) is 4.52. The van der Waals surface area contributed by atoms with Crippen molar-refractivity contribution in [2.45, 2.75) is 13.5 Å². The fourth-order valence-electron chi connectivity index (χ4n) is 2.14. The maximum atomic E-state index is 12.5. The van der Waals surface area contributed by atoms with E-state index in [2.05, 4.69) is 0 Å². The lowest BCUT2D eigenvalue weighted by Gasteiger charge is -2.18. The van der Waals surface area contributed by atoms with Gasteiger partial charge in [0.2, 0.25) is 0 Å². The zero-order valence-electron chi connectivity index (χ0n) is 12.7. The van der Waals surface area contributed by atoms with Crippen molar-refractivity contribution in [2.75, 3.05) is 21.3 Å². The molecule has 0 fully saturated rings. The lowest BCUT2D eigenvalue weighted by molar-refractivity contribution is 0.0774. The summed E-state index contributed by atoms with van der Waals surface area (Å²) in [5.74, 6) is 1.87. The van der Waals surface area contributed by atoms with Gasteiger partial charge in [0.15, 0.2) is 0 Å². The number of furan rings is 1. The van der Waals surface area contributed by atoms with Crippen molar-refractivity contribution in [1.29, 1.82) is 0 Å². The van der Waals surface area contributed by atoms with E-state index in [1.165, 1.54) is 0 Å². The third-order valence-electron chi connectivity index (χ3n) is 3.32. The predicted octanol–water partition coefficient (Wildman–Crippen LogP) is 2.88. The van der Waals surface area contributed by atoms with Gasteiger partial charge in [0.05, 0.1) is 27.0 Å². The number of benzene rings is 1. The van der Waals surface area contributed by atoms with Gasteiger partial charge in [0.1, 0.15) is 17.3 Å². The first kappa shape index (κ1) is 15.0. The number of hydrogen-bond acceptors (Lipinski definition) is 4. The highest BCUT2D eigenvalue weighted by Gasteiger charge is 2.17. The summed E-state index contributed by atoms with van der Waals surface area (Å²) in [4.78, 5) is 14.1. The summed E-state index contributed by atoms with van der Waals surface area (Å²) < 4.78 is 15.8. The summed E-state index contributed by atoms with van der Waals surface area (Å²) in [6.45, 7) is 2.29. The molecule has 0 unspecified atom stereocenters. The number of methoxy groups -OCH3 is 2. The van der Waals surface area contributed by atoms with Crippen LogP contribution >= 0.6 is 0 Å². The topological polar surface area (TPSA) is 51.9 Å². The molecule has 2 rings (SSSR count). The maximum absolute atomic E-state index is 12.5. The van der Waals surface area contributed by atoms with Crippen LogP contribution in [0.4, 0.5) is 0 Å². The van der Waals surface area contributed by atoms with E-state index in [1.807, 2.05) is 13.0 Å². The number of carbonyl (C=O) groups is 1. The fourth-order valence-corrected chi connectivity index (χ4v) is 2.14. The number of ether oxygens (including phenoxy) is 2. The molecule has 0 N–H and O–H groups in total. The minimum absolute atomic E-state index is 0.122. The van der Waals surface area contributed by atoms with E-state index in [0.29, 0.717) is 23.6 Å². The van der Waals surface area contributed by atoms with Crippen LogP contribution in [-0.2, 0) is 6.54 Å². The van der Waals surface area contributed by atoms with Gasteiger partial charge >= 0.3 is 0 Å². The smallest absolute Gasteiger partial charge is 0.254 e. The maximum Gasteiger partial charge on any atom is 0.254 e. The van der Waals surface area contributed by atoms with Crippen molar-refractivity contribution in [3.63, 3.8) is 0 Å². The van der Waals surface area contributed by atoms with Crippen molar-refractivity contribution in [2.24, 2.45) is 0 Å². The number of amides is 1. The quantitative estimate of drug-likeness (QED) is 0.849. The van der Waals surface area contributed by atoms with Crippen molar-refractivity contribution in [3.05, 3.63) is 47.4 Å². The van der Waals surface area contributed by atoms with E-state index in [9.17, 15) is 4.79 Å². The fraction of sp³-hybridized carbons (Fsp3) is 0.312. The highest BCUT2D eigenvalue weighted by molar-refractivity contribution is 5.95. The van der Waals surface area contributed by atoms with Gasteiger partial charge in [0.25, 0.3) is 5.91 Å². The molecular formula is C16H19NO4. The number of rotatable bonds is 5. The van der Waals surface area contributed by atoms with Crippen LogP contribution in [0.2, 0.25) is 0 Å². The lowest BCUT2D eigenvalue weighted by Crippen LogP contribution is -2.26. The standard InChI is InChI=1S/C16H19NO4/c1-11-14(19-3)8-12(9-15(11)20-4)16(18)17(2)10-13-6-5-7-21-13/h5-9H,10H2,1-4H3. The molecular weight excluding hydrogens is 270 g/mol. The van der Waals surface area contributed by atoms with E-state index in [0.717, 1.165) is 11.3 Å². The van der Waals surface area contributed by atoms with Crippen LogP contribution in [0.5, 0.6) is 11.5 Å². The van der Waals surface area contributed by atoms with Crippen LogP contribution in [-0.4, -0.2) is 32.1 Å². The second-order valence-corrected chi connectivity index (χ2v) is 4.75. The Morgan fingerprint density at radius 1 is 1.24 bits per heavy atom. The Morgan fingerprint density at radius 3 is 2.33 bits per heavy atom. The first-order valence-electron chi connectivity index (χ1n) is 6.57. The molecule has 0 aliphatic rings. The van der Waals surface area contributed by atoms with Gasteiger partial charge in [-0.2, -0.15) is 0 Å². The van der Waals surface area contributed by atoms with Gasteiger partial charge in [-0.1, -0.05) is 0 Å². The highest BCUT2D eigenvalue weighted by Crippen LogP contribution is 2.30. The second-order valence-electron chi connectivity index (χ2n) is 4.75. The van der Waals surface area contributed by atoms with Crippen molar-refractivity contribution in [3.8, 4) is 11.5 Å². The normalized spacial score (nSPS) is 10.3. The molecule has 0 aliphatic carbocycles.